The van der Waals surface area contributed by atoms with Gasteiger partial charge in [0.25, 0.3) is 0 Å². The van der Waals surface area contributed by atoms with E-state index in [1.54, 1.807) is 0 Å². The number of benzene rings is 1. The van der Waals surface area contributed by atoms with Crippen LogP contribution in [-0.4, -0.2) is 58.9 Å². The molecule has 3 aliphatic rings. The summed E-state index contributed by atoms with van der Waals surface area (Å²) in [5.41, 5.74) is 1.48. The lowest BCUT2D eigenvalue weighted by atomic mass is 10.1. The lowest BCUT2D eigenvalue weighted by Gasteiger charge is -2.25. The standard InChI is InChI=1S/C15H19NO6S2/c1-16(11-4-7-23(17,18)9-11)24(19,20)15-12-3-6-21-13(12)8-10-2-5-22-14(10)15/h8,11H,2-7,9H2,1H3. The van der Waals surface area contributed by atoms with E-state index < -0.39 is 25.9 Å². The van der Waals surface area contributed by atoms with Crippen molar-refractivity contribution in [3.05, 3.63) is 17.2 Å². The van der Waals surface area contributed by atoms with Crippen LogP contribution in [0.2, 0.25) is 0 Å². The molecule has 0 radical (unpaired) electrons. The third-order valence-corrected chi connectivity index (χ3v) is 8.72. The molecule has 1 aromatic carbocycles. The SMILES string of the molecule is CN(C1CCS(=O)(=O)C1)S(=O)(=O)c1c2c(cc3c1OCC3)OCC2. The molecule has 4 rings (SSSR count). The molecule has 7 nitrogen and oxygen atoms in total. The fourth-order valence-corrected chi connectivity index (χ4v) is 7.28. The van der Waals surface area contributed by atoms with Crippen LogP contribution in [0.5, 0.6) is 11.5 Å². The van der Waals surface area contributed by atoms with Gasteiger partial charge >= 0.3 is 0 Å². The van der Waals surface area contributed by atoms with Crippen LogP contribution in [0.1, 0.15) is 17.5 Å². The molecule has 132 valence electrons. The number of hydrogen-bond donors (Lipinski definition) is 0. The molecule has 3 aliphatic heterocycles. The molecular formula is C15H19NO6S2. The largest absolute Gasteiger partial charge is 0.493 e. The maximum atomic E-state index is 13.2. The third kappa shape index (κ3) is 2.41. The molecule has 1 unspecified atom stereocenters. The molecule has 0 saturated carbocycles. The predicted molar refractivity (Wildman–Crippen MR) is 86.8 cm³/mol. The molecule has 0 aromatic heterocycles. The van der Waals surface area contributed by atoms with E-state index in [0.29, 0.717) is 49.5 Å². The van der Waals surface area contributed by atoms with Crippen molar-refractivity contribution in [2.24, 2.45) is 0 Å². The van der Waals surface area contributed by atoms with Crippen molar-refractivity contribution in [2.75, 3.05) is 31.8 Å². The highest BCUT2D eigenvalue weighted by molar-refractivity contribution is 7.92. The van der Waals surface area contributed by atoms with Gasteiger partial charge in [0, 0.05) is 37.1 Å². The van der Waals surface area contributed by atoms with E-state index >= 15 is 0 Å². The Bertz CT molecular complexity index is 874. The molecule has 1 fully saturated rings. The highest BCUT2D eigenvalue weighted by Crippen LogP contribution is 2.44. The topological polar surface area (TPSA) is 90.0 Å². The third-order valence-electron chi connectivity index (χ3n) is 4.96. The summed E-state index contributed by atoms with van der Waals surface area (Å²) in [5.74, 6) is 0.914. The van der Waals surface area contributed by atoms with Crippen molar-refractivity contribution < 1.29 is 26.3 Å². The zero-order valence-corrected chi connectivity index (χ0v) is 15.0. The Morgan fingerprint density at radius 3 is 2.67 bits per heavy atom. The summed E-state index contributed by atoms with van der Waals surface area (Å²) >= 11 is 0. The van der Waals surface area contributed by atoms with Gasteiger partial charge in [-0.2, -0.15) is 4.31 Å². The average molecular weight is 373 g/mol. The lowest BCUT2D eigenvalue weighted by Crippen LogP contribution is -2.38. The van der Waals surface area contributed by atoms with Crippen molar-refractivity contribution in [1.29, 1.82) is 0 Å². The maximum absolute atomic E-state index is 13.2. The van der Waals surface area contributed by atoms with Gasteiger partial charge in [0.1, 0.15) is 16.4 Å². The quantitative estimate of drug-likeness (QED) is 0.760. The van der Waals surface area contributed by atoms with Crippen LogP contribution in [0.25, 0.3) is 0 Å². The van der Waals surface area contributed by atoms with Crippen LogP contribution in [0, 0.1) is 0 Å². The first kappa shape index (κ1) is 16.2. The zero-order chi connectivity index (χ0) is 17.1. The van der Waals surface area contributed by atoms with Gasteiger partial charge in [0.2, 0.25) is 10.0 Å². The van der Waals surface area contributed by atoms with E-state index in [1.165, 1.54) is 11.4 Å². The van der Waals surface area contributed by atoms with Crippen molar-refractivity contribution >= 4 is 19.9 Å². The van der Waals surface area contributed by atoms with Crippen LogP contribution in [0.4, 0.5) is 0 Å². The Morgan fingerprint density at radius 2 is 1.96 bits per heavy atom. The van der Waals surface area contributed by atoms with E-state index in [2.05, 4.69) is 0 Å². The second kappa shape index (κ2) is 5.34. The minimum Gasteiger partial charge on any atom is -0.493 e. The summed E-state index contributed by atoms with van der Waals surface area (Å²) in [5, 5.41) is 0. The highest BCUT2D eigenvalue weighted by atomic mass is 32.2. The average Bonchev–Trinajstić information content (AvgIpc) is 3.22. The number of hydrogen-bond acceptors (Lipinski definition) is 6. The molecule has 1 atom stereocenters. The van der Waals surface area contributed by atoms with E-state index in [0.717, 1.165) is 5.56 Å². The zero-order valence-electron chi connectivity index (χ0n) is 13.3. The first-order valence-corrected chi connectivity index (χ1v) is 11.2. The molecule has 24 heavy (non-hydrogen) atoms. The molecule has 0 bridgehead atoms. The molecule has 9 heteroatoms. The fourth-order valence-electron chi connectivity index (χ4n) is 3.62. The Hall–Kier alpha value is -1.32. The van der Waals surface area contributed by atoms with Crippen LogP contribution in [0.3, 0.4) is 0 Å². The number of fused-ring (bicyclic) bond motifs is 2. The molecular weight excluding hydrogens is 354 g/mol. The molecule has 0 N–H and O–H groups in total. The maximum Gasteiger partial charge on any atom is 0.247 e. The van der Waals surface area contributed by atoms with Crippen LogP contribution in [-0.2, 0) is 32.7 Å². The Labute approximate surface area is 141 Å². The van der Waals surface area contributed by atoms with Crippen LogP contribution < -0.4 is 9.47 Å². The van der Waals surface area contributed by atoms with Gasteiger partial charge in [-0.3, -0.25) is 0 Å². The molecule has 3 heterocycles. The molecule has 1 aromatic rings. The normalized spacial score (nSPS) is 24.5. The smallest absolute Gasteiger partial charge is 0.247 e. The number of nitrogens with zero attached hydrogens (tertiary/aromatic N) is 1. The highest BCUT2D eigenvalue weighted by Gasteiger charge is 2.41. The number of sulfone groups is 1. The second-order valence-corrected chi connectivity index (χ2v) is 10.6. The van der Waals surface area contributed by atoms with Crippen LogP contribution >= 0.6 is 0 Å². The Balaban J connectivity index is 1.81. The molecule has 1 saturated heterocycles. The summed E-state index contributed by atoms with van der Waals surface area (Å²) in [4.78, 5) is 0.164. The minimum absolute atomic E-state index is 0.0299. The first-order valence-electron chi connectivity index (χ1n) is 7.92. The van der Waals surface area contributed by atoms with Crippen molar-refractivity contribution in [3.8, 4) is 11.5 Å². The first-order chi connectivity index (χ1) is 11.3. The van der Waals surface area contributed by atoms with Gasteiger partial charge in [-0.05, 0) is 12.5 Å². The van der Waals surface area contributed by atoms with E-state index in [4.69, 9.17) is 9.47 Å². The number of ether oxygens (including phenoxy) is 2. The minimum atomic E-state index is -3.86. The Kier molecular flexibility index (Phi) is 3.59. The molecule has 0 spiro atoms. The summed E-state index contributed by atoms with van der Waals surface area (Å²) in [6.45, 7) is 0.893. The van der Waals surface area contributed by atoms with Gasteiger partial charge in [0.05, 0.1) is 24.7 Å². The molecule has 0 aliphatic carbocycles. The number of rotatable bonds is 3. The summed E-state index contributed by atoms with van der Waals surface area (Å²) in [6, 6.07) is 1.33. The van der Waals surface area contributed by atoms with Gasteiger partial charge in [-0.15, -0.1) is 0 Å². The second-order valence-electron chi connectivity index (χ2n) is 6.45. The van der Waals surface area contributed by atoms with E-state index in [-0.39, 0.29) is 16.4 Å². The summed E-state index contributed by atoms with van der Waals surface area (Å²) in [7, 11) is -5.57. The van der Waals surface area contributed by atoms with Gasteiger partial charge in [-0.1, -0.05) is 0 Å². The molecule has 0 amide bonds. The lowest BCUT2D eigenvalue weighted by molar-refractivity contribution is 0.343. The summed E-state index contributed by atoms with van der Waals surface area (Å²) < 4.78 is 62.3. The predicted octanol–water partition coefficient (Wildman–Crippen LogP) is 0.364. The fraction of sp³-hybridized carbons (Fsp3) is 0.600. The van der Waals surface area contributed by atoms with E-state index in [9.17, 15) is 16.8 Å². The van der Waals surface area contributed by atoms with E-state index in [1.807, 2.05) is 6.07 Å². The number of sulfonamides is 1. The van der Waals surface area contributed by atoms with Gasteiger partial charge in [-0.25, -0.2) is 16.8 Å². The van der Waals surface area contributed by atoms with Crippen molar-refractivity contribution in [1.82, 2.24) is 4.31 Å². The summed E-state index contributed by atoms with van der Waals surface area (Å²) in [6.07, 6.45) is 1.49. The van der Waals surface area contributed by atoms with Crippen molar-refractivity contribution in [2.45, 2.75) is 30.2 Å². The monoisotopic (exact) mass is 373 g/mol. The van der Waals surface area contributed by atoms with Crippen molar-refractivity contribution in [3.63, 3.8) is 0 Å². The Morgan fingerprint density at radius 1 is 1.21 bits per heavy atom. The van der Waals surface area contributed by atoms with Gasteiger partial charge in [0.15, 0.2) is 9.84 Å². The van der Waals surface area contributed by atoms with Crippen LogP contribution in [0.15, 0.2) is 11.0 Å². The van der Waals surface area contributed by atoms with Gasteiger partial charge < -0.3 is 9.47 Å².